The molecule has 4 nitrogen and oxygen atoms in total. The van der Waals surface area contributed by atoms with Crippen molar-refractivity contribution in [3.05, 3.63) is 0 Å². The number of carbonyl (C=O) groups is 1. The number of carbonyl (C=O) groups excluding carboxylic acids is 1. The molecule has 3 aliphatic rings. The Labute approximate surface area is 128 Å². The van der Waals surface area contributed by atoms with E-state index >= 15 is 0 Å². The first-order valence-electron chi connectivity index (χ1n) is 8.85. The highest BCUT2D eigenvalue weighted by Crippen LogP contribution is 2.36. The molecule has 3 saturated heterocycles. The second kappa shape index (κ2) is 6.66. The quantitative estimate of drug-likeness (QED) is 0.797. The van der Waals surface area contributed by atoms with Crippen LogP contribution in [-0.2, 0) is 9.53 Å². The molecule has 0 saturated carbocycles. The second-order valence-corrected chi connectivity index (χ2v) is 7.26. The topological polar surface area (TPSA) is 32.8 Å². The third kappa shape index (κ3) is 3.59. The summed E-state index contributed by atoms with van der Waals surface area (Å²) < 4.78 is 6.19. The zero-order valence-electron chi connectivity index (χ0n) is 13.5. The molecule has 0 N–H and O–H groups in total. The number of piperidine rings is 1. The van der Waals surface area contributed by atoms with Crippen molar-refractivity contribution in [2.24, 2.45) is 5.92 Å². The molecule has 21 heavy (non-hydrogen) atoms. The van der Waals surface area contributed by atoms with E-state index in [0.717, 1.165) is 32.5 Å². The number of amides is 1. The fraction of sp³-hybridized carbons (Fsp3) is 0.941. The number of ether oxygens (including phenoxy) is 1. The van der Waals surface area contributed by atoms with Crippen molar-refractivity contribution in [2.45, 2.75) is 57.5 Å². The van der Waals surface area contributed by atoms with Crippen LogP contribution in [0.2, 0.25) is 0 Å². The van der Waals surface area contributed by atoms with Crippen molar-refractivity contribution in [2.75, 3.05) is 39.3 Å². The molecule has 0 aromatic heterocycles. The molecule has 0 radical (unpaired) electrons. The van der Waals surface area contributed by atoms with Gasteiger partial charge in [-0.2, -0.15) is 0 Å². The normalized spacial score (nSPS) is 29.4. The van der Waals surface area contributed by atoms with E-state index in [2.05, 4.69) is 11.8 Å². The van der Waals surface area contributed by atoms with Crippen LogP contribution in [0, 0.1) is 5.92 Å². The van der Waals surface area contributed by atoms with Gasteiger partial charge in [0.05, 0.1) is 19.7 Å². The molecule has 0 bridgehead atoms. The van der Waals surface area contributed by atoms with E-state index in [0.29, 0.717) is 18.2 Å². The summed E-state index contributed by atoms with van der Waals surface area (Å²) in [6, 6.07) is 0. The monoisotopic (exact) mass is 294 g/mol. The predicted octanol–water partition coefficient (Wildman–Crippen LogP) is 2.28. The first kappa shape index (κ1) is 15.3. The molecule has 0 unspecified atom stereocenters. The molecule has 1 amide bonds. The molecule has 1 spiro atoms. The van der Waals surface area contributed by atoms with Crippen LogP contribution >= 0.6 is 0 Å². The second-order valence-electron chi connectivity index (χ2n) is 7.26. The summed E-state index contributed by atoms with van der Waals surface area (Å²) in [5.41, 5.74) is 0.0157. The molecule has 1 atom stereocenters. The van der Waals surface area contributed by atoms with Crippen LogP contribution in [0.4, 0.5) is 0 Å². The van der Waals surface area contributed by atoms with Gasteiger partial charge in [0.15, 0.2) is 0 Å². The van der Waals surface area contributed by atoms with Crippen LogP contribution < -0.4 is 0 Å². The van der Waals surface area contributed by atoms with E-state index in [1.807, 2.05) is 4.90 Å². The maximum absolute atomic E-state index is 11.8. The average Bonchev–Trinajstić information content (AvgIpc) is 2.47. The standard InChI is InChI=1S/C17H30N2O2/c1-2-6-16(20)19-13-17(14-19)8-7-15(12-21-17)11-18-9-4-3-5-10-18/h15H,2-14H2,1H3/t15-/m0/s1. The Morgan fingerprint density at radius 3 is 2.62 bits per heavy atom. The molecule has 0 aliphatic carbocycles. The van der Waals surface area contributed by atoms with E-state index in [1.54, 1.807) is 0 Å². The molecule has 3 rings (SSSR count). The Balaban J connectivity index is 1.39. The first-order chi connectivity index (χ1) is 10.2. The van der Waals surface area contributed by atoms with Crippen molar-refractivity contribution >= 4 is 5.91 Å². The number of nitrogens with zero attached hydrogens (tertiary/aromatic N) is 2. The third-order valence-electron chi connectivity index (χ3n) is 5.37. The van der Waals surface area contributed by atoms with Gasteiger partial charge in [0.1, 0.15) is 5.60 Å². The minimum atomic E-state index is 0.0157. The van der Waals surface area contributed by atoms with E-state index in [1.165, 1.54) is 45.3 Å². The lowest BCUT2D eigenvalue weighted by molar-refractivity contribution is -0.189. The fourth-order valence-corrected chi connectivity index (χ4v) is 4.02. The summed E-state index contributed by atoms with van der Waals surface area (Å²) in [4.78, 5) is 16.4. The van der Waals surface area contributed by atoms with Crippen LogP contribution in [0.3, 0.4) is 0 Å². The number of likely N-dealkylation sites (tertiary alicyclic amines) is 2. The van der Waals surface area contributed by atoms with Gasteiger partial charge in [0, 0.05) is 13.0 Å². The number of hydrogen-bond acceptors (Lipinski definition) is 3. The van der Waals surface area contributed by atoms with Crippen molar-refractivity contribution in [3.63, 3.8) is 0 Å². The van der Waals surface area contributed by atoms with Crippen LogP contribution in [0.5, 0.6) is 0 Å². The summed E-state index contributed by atoms with van der Waals surface area (Å²) in [6.07, 6.45) is 8.18. The average molecular weight is 294 g/mol. The van der Waals surface area contributed by atoms with Crippen LogP contribution in [0.1, 0.15) is 51.9 Å². The minimum absolute atomic E-state index is 0.0157. The van der Waals surface area contributed by atoms with Crippen molar-refractivity contribution in [3.8, 4) is 0 Å². The van der Waals surface area contributed by atoms with Gasteiger partial charge in [-0.3, -0.25) is 4.79 Å². The molecular weight excluding hydrogens is 264 g/mol. The van der Waals surface area contributed by atoms with E-state index < -0.39 is 0 Å². The molecular formula is C17H30N2O2. The smallest absolute Gasteiger partial charge is 0.222 e. The van der Waals surface area contributed by atoms with Crippen LogP contribution in [0.15, 0.2) is 0 Å². The molecule has 4 heteroatoms. The summed E-state index contributed by atoms with van der Waals surface area (Å²) >= 11 is 0. The fourth-order valence-electron chi connectivity index (χ4n) is 4.02. The van der Waals surface area contributed by atoms with E-state index in [4.69, 9.17) is 4.74 Å². The van der Waals surface area contributed by atoms with Gasteiger partial charge in [-0.1, -0.05) is 13.3 Å². The SMILES string of the molecule is CCCC(=O)N1CC2(CC[C@@H](CN3CCCCC3)CO2)C1. The highest BCUT2D eigenvalue weighted by atomic mass is 16.5. The van der Waals surface area contributed by atoms with Gasteiger partial charge >= 0.3 is 0 Å². The number of hydrogen-bond donors (Lipinski definition) is 0. The Morgan fingerprint density at radius 1 is 1.24 bits per heavy atom. The Morgan fingerprint density at radius 2 is 2.00 bits per heavy atom. The zero-order chi connectivity index (χ0) is 14.7. The molecule has 3 heterocycles. The third-order valence-corrected chi connectivity index (χ3v) is 5.37. The van der Waals surface area contributed by atoms with Gasteiger partial charge in [0.2, 0.25) is 5.91 Å². The zero-order valence-corrected chi connectivity index (χ0v) is 13.5. The summed E-state index contributed by atoms with van der Waals surface area (Å²) in [7, 11) is 0. The number of rotatable bonds is 4. The molecule has 0 aromatic carbocycles. The van der Waals surface area contributed by atoms with Gasteiger partial charge in [-0.05, 0) is 51.1 Å². The van der Waals surface area contributed by atoms with Gasteiger partial charge < -0.3 is 14.5 Å². The first-order valence-corrected chi connectivity index (χ1v) is 8.85. The van der Waals surface area contributed by atoms with Crippen molar-refractivity contribution < 1.29 is 9.53 Å². The van der Waals surface area contributed by atoms with Crippen molar-refractivity contribution in [1.29, 1.82) is 0 Å². The molecule has 0 aromatic rings. The largest absolute Gasteiger partial charge is 0.371 e. The predicted molar refractivity (Wildman–Crippen MR) is 83.2 cm³/mol. The van der Waals surface area contributed by atoms with Gasteiger partial charge in [-0.15, -0.1) is 0 Å². The molecule has 120 valence electrons. The lowest BCUT2D eigenvalue weighted by Crippen LogP contribution is -2.66. The maximum atomic E-state index is 11.8. The van der Waals surface area contributed by atoms with Crippen LogP contribution in [-0.4, -0.2) is 60.6 Å². The summed E-state index contributed by atoms with van der Waals surface area (Å²) in [6.45, 7) is 8.41. The van der Waals surface area contributed by atoms with Crippen molar-refractivity contribution in [1.82, 2.24) is 9.80 Å². The van der Waals surface area contributed by atoms with Gasteiger partial charge in [-0.25, -0.2) is 0 Å². The molecule has 3 fully saturated rings. The lowest BCUT2D eigenvalue weighted by atomic mass is 9.82. The minimum Gasteiger partial charge on any atom is -0.371 e. The maximum Gasteiger partial charge on any atom is 0.222 e. The lowest BCUT2D eigenvalue weighted by Gasteiger charge is -2.53. The molecule has 3 aliphatic heterocycles. The Bertz CT molecular complexity index is 350. The highest BCUT2D eigenvalue weighted by Gasteiger charge is 2.48. The Kier molecular flexibility index (Phi) is 4.85. The van der Waals surface area contributed by atoms with Gasteiger partial charge in [0.25, 0.3) is 0 Å². The van der Waals surface area contributed by atoms with E-state index in [-0.39, 0.29) is 5.60 Å². The highest BCUT2D eigenvalue weighted by molar-refractivity contribution is 5.77. The Hall–Kier alpha value is -0.610. The van der Waals surface area contributed by atoms with E-state index in [9.17, 15) is 4.79 Å². The van der Waals surface area contributed by atoms with Crippen LogP contribution in [0.25, 0.3) is 0 Å². The summed E-state index contributed by atoms with van der Waals surface area (Å²) in [5.74, 6) is 1.01. The summed E-state index contributed by atoms with van der Waals surface area (Å²) in [5, 5.41) is 0.